The van der Waals surface area contributed by atoms with Crippen molar-refractivity contribution in [1.29, 1.82) is 0 Å². The summed E-state index contributed by atoms with van der Waals surface area (Å²) >= 11 is 4.93. The van der Waals surface area contributed by atoms with E-state index in [9.17, 15) is 8.42 Å². The number of hydrogen-bond donors (Lipinski definition) is 2. The molecule has 0 unspecified atom stereocenters. The highest BCUT2D eigenvalue weighted by Crippen LogP contribution is 2.25. The van der Waals surface area contributed by atoms with Gasteiger partial charge in [0.2, 0.25) is 10.0 Å². The normalized spacial score (nSPS) is 12.4. The average Bonchev–Trinajstić information content (AvgIpc) is 2.45. The predicted octanol–water partition coefficient (Wildman–Crippen LogP) is 2.88. The molecule has 0 radical (unpaired) electrons. The Morgan fingerprint density at radius 3 is 2.19 bits per heavy atom. The average molecular weight is 329 g/mol. The third kappa shape index (κ3) is 4.02. The number of nitrogens with one attached hydrogen (secondary N) is 1. The molecule has 0 heterocycles. The molecule has 0 bridgehead atoms. The Labute approximate surface area is 133 Å². The summed E-state index contributed by atoms with van der Waals surface area (Å²) in [4.78, 5) is 0.437. The van der Waals surface area contributed by atoms with Crippen LogP contribution in [0.1, 0.15) is 51.2 Å². The highest BCUT2D eigenvalue weighted by molar-refractivity contribution is 7.89. The first-order chi connectivity index (χ1) is 9.71. The van der Waals surface area contributed by atoms with Gasteiger partial charge in [-0.3, -0.25) is 0 Å². The van der Waals surface area contributed by atoms with Crippen LogP contribution in [0.2, 0.25) is 0 Å². The van der Waals surface area contributed by atoms with Gasteiger partial charge in [-0.25, -0.2) is 13.1 Å². The van der Waals surface area contributed by atoms with Gasteiger partial charge in [-0.2, -0.15) is 0 Å². The van der Waals surface area contributed by atoms with Crippen molar-refractivity contribution in [3.05, 3.63) is 29.3 Å². The molecule has 1 rings (SSSR count). The number of benzene rings is 1. The summed E-state index contributed by atoms with van der Waals surface area (Å²) in [7, 11) is -3.61. The molecule has 0 aromatic heterocycles. The fourth-order valence-corrected chi connectivity index (χ4v) is 4.36. The van der Waals surface area contributed by atoms with E-state index in [0.29, 0.717) is 11.1 Å². The molecule has 21 heavy (non-hydrogen) atoms. The maximum atomic E-state index is 12.7. The zero-order valence-electron chi connectivity index (χ0n) is 13.1. The fourth-order valence-electron chi connectivity index (χ4n) is 2.35. The molecular weight excluding hydrogens is 304 g/mol. The highest BCUT2D eigenvalue weighted by atomic mass is 32.2. The molecule has 118 valence electrons. The Balaban J connectivity index is 3.31. The third-order valence-electron chi connectivity index (χ3n) is 4.14. The summed E-state index contributed by atoms with van der Waals surface area (Å²) in [6.07, 6.45) is 2.23. The van der Waals surface area contributed by atoms with Gasteiger partial charge in [0.1, 0.15) is 4.99 Å². The van der Waals surface area contributed by atoms with Crippen molar-refractivity contribution < 1.29 is 8.42 Å². The Morgan fingerprint density at radius 2 is 1.76 bits per heavy atom. The van der Waals surface area contributed by atoms with Gasteiger partial charge >= 0.3 is 0 Å². The van der Waals surface area contributed by atoms with Gasteiger partial charge in [-0.1, -0.05) is 45.1 Å². The molecule has 0 aliphatic heterocycles. The van der Waals surface area contributed by atoms with Crippen LogP contribution in [0.4, 0.5) is 0 Å². The van der Waals surface area contributed by atoms with Crippen LogP contribution in [-0.4, -0.2) is 18.9 Å². The molecular formula is C15H24N2O2S2. The Morgan fingerprint density at radius 1 is 1.24 bits per heavy atom. The lowest BCUT2D eigenvalue weighted by Crippen LogP contribution is -2.47. The number of rotatable bonds is 7. The molecule has 1 aromatic rings. The minimum atomic E-state index is -3.61. The van der Waals surface area contributed by atoms with Crippen molar-refractivity contribution in [3.8, 4) is 0 Å². The zero-order chi connectivity index (χ0) is 16.3. The number of aryl methyl sites for hydroxylation is 1. The smallest absolute Gasteiger partial charge is 0.241 e. The minimum Gasteiger partial charge on any atom is -0.389 e. The third-order valence-corrected chi connectivity index (χ3v) is 6.10. The molecule has 0 fully saturated rings. The van der Waals surface area contributed by atoms with Gasteiger partial charge in [0.25, 0.3) is 0 Å². The lowest BCUT2D eigenvalue weighted by Gasteiger charge is -2.31. The summed E-state index contributed by atoms with van der Waals surface area (Å²) < 4.78 is 28.3. The van der Waals surface area contributed by atoms with Crippen molar-refractivity contribution in [3.63, 3.8) is 0 Å². The summed E-state index contributed by atoms with van der Waals surface area (Å²) in [6, 6.07) is 5.02. The van der Waals surface area contributed by atoms with E-state index in [4.69, 9.17) is 18.0 Å². The van der Waals surface area contributed by atoms with Crippen LogP contribution in [0.25, 0.3) is 0 Å². The number of hydrogen-bond acceptors (Lipinski definition) is 3. The second-order valence-corrected chi connectivity index (χ2v) is 7.38. The molecule has 3 N–H and O–H groups in total. The summed E-state index contributed by atoms with van der Waals surface area (Å²) in [6.45, 7) is 7.75. The van der Waals surface area contributed by atoms with Crippen molar-refractivity contribution in [2.75, 3.05) is 0 Å². The Hall–Kier alpha value is -0.980. The first-order valence-electron chi connectivity index (χ1n) is 7.15. The first kappa shape index (κ1) is 18.1. The maximum Gasteiger partial charge on any atom is 0.241 e. The SMILES string of the molecule is CCC(CC)(CC)NS(=O)(=O)c1cc(C(N)=S)ccc1C. The molecule has 0 aliphatic rings. The van der Waals surface area contributed by atoms with Crippen LogP contribution in [0, 0.1) is 6.92 Å². The second-order valence-electron chi connectivity index (χ2n) is 5.29. The summed E-state index contributed by atoms with van der Waals surface area (Å²) in [5, 5.41) is 0. The standard InChI is InChI=1S/C15H24N2O2S2/c1-5-15(6-2,7-3)17-21(18,19)13-10-12(14(16)20)9-8-11(13)4/h8-10,17H,5-7H2,1-4H3,(H2,16,20). The number of nitrogens with two attached hydrogens (primary N) is 1. The van der Waals surface area contributed by atoms with Crippen LogP contribution < -0.4 is 10.5 Å². The minimum absolute atomic E-state index is 0.194. The van der Waals surface area contributed by atoms with Gasteiger partial charge in [0.15, 0.2) is 0 Å². The van der Waals surface area contributed by atoms with Gasteiger partial charge in [-0.05, 0) is 37.8 Å². The topological polar surface area (TPSA) is 72.2 Å². The van der Waals surface area contributed by atoms with Crippen molar-refractivity contribution in [2.24, 2.45) is 5.73 Å². The van der Waals surface area contributed by atoms with E-state index in [1.165, 1.54) is 0 Å². The van der Waals surface area contributed by atoms with Crippen LogP contribution in [0.15, 0.2) is 23.1 Å². The van der Waals surface area contributed by atoms with E-state index in [0.717, 1.165) is 19.3 Å². The van der Waals surface area contributed by atoms with Crippen LogP contribution >= 0.6 is 12.2 Å². The molecule has 0 atom stereocenters. The van der Waals surface area contributed by atoms with E-state index in [1.807, 2.05) is 20.8 Å². The number of sulfonamides is 1. The van der Waals surface area contributed by atoms with Gasteiger partial charge in [0.05, 0.1) is 4.90 Å². The van der Waals surface area contributed by atoms with Gasteiger partial charge in [-0.15, -0.1) is 0 Å². The monoisotopic (exact) mass is 328 g/mol. The maximum absolute atomic E-state index is 12.7. The van der Waals surface area contributed by atoms with Gasteiger partial charge < -0.3 is 5.73 Å². The van der Waals surface area contributed by atoms with Crippen LogP contribution in [-0.2, 0) is 10.0 Å². The fraction of sp³-hybridized carbons (Fsp3) is 0.533. The van der Waals surface area contributed by atoms with Crippen molar-refractivity contribution >= 4 is 27.2 Å². The molecule has 4 nitrogen and oxygen atoms in total. The quantitative estimate of drug-likeness (QED) is 0.755. The van der Waals surface area contributed by atoms with E-state index in [1.54, 1.807) is 25.1 Å². The van der Waals surface area contributed by atoms with Gasteiger partial charge in [0, 0.05) is 11.1 Å². The zero-order valence-corrected chi connectivity index (χ0v) is 14.7. The van der Waals surface area contributed by atoms with E-state index >= 15 is 0 Å². The van der Waals surface area contributed by atoms with E-state index < -0.39 is 15.6 Å². The molecule has 0 aliphatic carbocycles. The predicted molar refractivity (Wildman–Crippen MR) is 91.0 cm³/mol. The Kier molecular flexibility index (Phi) is 5.90. The Bertz CT molecular complexity index is 612. The summed E-state index contributed by atoms with van der Waals surface area (Å²) in [5.74, 6) is 0. The molecule has 1 aromatic carbocycles. The van der Waals surface area contributed by atoms with Crippen molar-refractivity contribution in [1.82, 2.24) is 4.72 Å². The van der Waals surface area contributed by atoms with Crippen molar-refractivity contribution in [2.45, 2.75) is 57.4 Å². The first-order valence-corrected chi connectivity index (χ1v) is 9.05. The molecule has 0 saturated carbocycles. The molecule has 0 spiro atoms. The molecule has 0 saturated heterocycles. The highest BCUT2D eigenvalue weighted by Gasteiger charge is 2.31. The van der Waals surface area contributed by atoms with Crippen LogP contribution in [0.3, 0.4) is 0 Å². The lowest BCUT2D eigenvalue weighted by atomic mass is 9.91. The summed E-state index contributed by atoms with van der Waals surface area (Å²) in [5.41, 5.74) is 6.43. The number of thiocarbonyl (C=S) groups is 1. The van der Waals surface area contributed by atoms with E-state index in [2.05, 4.69) is 4.72 Å². The lowest BCUT2D eigenvalue weighted by molar-refractivity contribution is 0.341. The van der Waals surface area contributed by atoms with Crippen LogP contribution in [0.5, 0.6) is 0 Å². The molecule has 6 heteroatoms. The largest absolute Gasteiger partial charge is 0.389 e. The van der Waals surface area contributed by atoms with E-state index in [-0.39, 0.29) is 9.88 Å². The molecule has 0 amide bonds. The second kappa shape index (κ2) is 6.85.